The zero-order valence-corrected chi connectivity index (χ0v) is 13.4. The average Bonchev–Trinajstić information content (AvgIpc) is 3.09. The number of benzene rings is 2. The molecule has 0 aliphatic carbocycles. The summed E-state index contributed by atoms with van der Waals surface area (Å²) in [5.41, 5.74) is 4.08. The first kappa shape index (κ1) is 16.2. The van der Waals surface area contributed by atoms with Crippen LogP contribution in [0.4, 0.5) is 0 Å². The van der Waals surface area contributed by atoms with E-state index in [0.717, 1.165) is 11.1 Å². The molecule has 1 atom stereocenters. The van der Waals surface area contributed by atoms with E-state index in [1.54, 1.807) is 31.3 Å². The predicted molar refractivity (Wildman–Crippen MR) is 89.9 cm³/mol. The molecule has 3 rings (SSSR count). The van der Waals surface area contributed by atoms with Crippen molar-refractivity contribution in [3.8, 4) is 29.3 Å². The summed E-state index contributed by atoms with van der Waals surface area (Å²) >= 11 is 0. The molecule has 0 saturated heterocycles. The Labute approximate surface area is 144 Å². The minimum atomic E-state index is -0.508. The molecular formula is C19H13N5O. The van der Waals surface area contributed by atoms with E-state index in [1.165, 1.54) is 6.07 Å². The van der Waals surface area contributed by atoms with Gasteiger partial charge in [-0.2, -0.15) is 15.8 Å². The molecule has 0 bridgehead atoms. The lowest BCUT2D eigenvalue weighted by Crippen LogP contribution is -2.18. The fourth-order valence-corrected chi connectivity index (χ4v) is 3.06. The summed E-state index contributed by atoms with van der Waals surface area (Å²) in [4.78, 5) is 12.1. The quantitative estimate of drug-likeness (QED) is 0.877. The average molecular weight is 327 g/mol. The fourth-order valence-electron chi connectivity index (χ4n) is 3.06. The lowest BCUT2D eigenvalue weighted by atomic mass is 9.88. The number of hydrogen-bond acceptors (Lipinski definition) is 5. The third-order valence-electron chi connectivity index (χ3n) is 4.23. The van der Waals surface area contributed by atoms with E-state index < -0.39 is 6.04 Å². The van der Waals surface area contributed by atoms with E-state index >= 15 is 0 Å². The number of carbonyl (C=O) groups is 1. The number of nitrogens with one attached hydrogen (secondary N) is 2. The number of carbonyl (C=O) groups excluding carboxylic acids is 1. The van der Waals surface area contributed by atoms with Crippen molar-refractivity contribution in [2.75, 3.05) is 7.05 Å². The molecule has 1 unspecified atom stereocenters. The maximum Gasteiger partial charge on any atom is 0.251 e. The molecule has 1 aliphatic rings. The molecule has 2 aromatic rings. The molecule has 2 aromatic carbocycles. The van der Waals surface area contributed by atoms with Crippen molar-refractivity contribution >= 4 is 5.91 Å². The van der Waals surface area contributed by atoms with Gasteiger partial charge in [0, 0.05) is 19.2 Å². The van der Waals surface area contributed by atoms with E-state index in [2.05, 4.69) is 22.8 Å². The van der Waals surface area contributed by atoms with Crippen LogP contribution in [-0.2, 0) is 6.54 Å². The molecule has 0 saturated carbocycles. The summed E-state index contributed by atoms with van der Waals surface area (Å²) in [6.07, 6.45) is 0. The molecule has 1 aliphatic heterocycles. The van der Waals surface area contributed by atoms with Gasteiger partial charge in [-0.05, 0) is 46.5 Å². The van der Waals surface area contributed by atoms with Crippen molar-refractivity contribution in [2.24, 2.45) is 0 Å². The van der Waals surface area contributed by atoms with Crippen LogP contribution in [0.2, 0.25) is 0 Å². The highest BCUT2D eigenvalue weighted by atomic mass is 16.1. The molecule has 2 N–H and O–H groups in total. The van der Waals surface area contributed by atoms with Crippen LogP contribution in [0.15, 0.2) is 30.3 Å². The highest BCUT2D eigenvalue weighted by Gasteiger charge is 2.28. The minimum Gasteiger partial charge on any atom is -0.355 e. The SMILES string of the molecule is CNC(=O)c1cc2c(c(-c3ccc(C#N)cc3C#N)c1)C(C#N)NC2. The Morgan fingerprint density at radius 2 is 1.96 bits per heavy atom. The van der Waals surface area contributed by atoms with Gasteiger partial charge >= 0.3 is 0 Å². The molecular weight excluding hydrogens is 314 g/mol. The van der Waals surface area contributed by atoms with Crippen LogP contribution in [-0.4, -0.2) is 13.0 Å². The monoisotopic (exact) mass is 327 g/mol. The number of nitriles is 3. The minimum absolute atomic E-state index is 0.239. The first-order valence-electron chi connectivity index (χ1n) is 7.59. The van der Waals surface area contributed by atoms with Gasteiger partial charge in [0.25, 0.3) is 5.91 Å². The summed E-state index contributed by atoms with van der Waals surface area (Å²) < 4.78 is 0. The Hall–Kier alpha value is -3.66. The van der Waals surface area contributed by atoms with Gasteiger partial charge in [-0.25, -0.2) is 0 Å². The number of nitrogens with zero attached hydrogens (tertiary/aromatic N) is 3. The standard InChI is InChI=1S/C19H13N5O/c1-23-19(25)12-5-14-10-24-17(9-22)18(14)16(6-12)15-3-2-11(7-20)4-13(15)8-21/h2-6,17,24H,10H2,1H3,(H,23,25). The number of amides is 1. The Morgan fingerprint density at radius 3 is 2.60 bits per heavy atom. The molecule has 6 nitrogen and oxygen atoms in total. The van der Waals surface area contributed by atoms with Gasteiger partial charge in [0.05, 0.1) is 29.3 Å². The third-order valence-corrected chi connectivity index (χ3v) is 4.23. The van der Waals surface area contributed by atoms with Crippen LogP contribution < -0.4 is 10.6 Å². The lowest BCUT2D eigenvalue weighted by Gasteiger charge is -2.14. The van der Waals surface area contributed by atoms with Crippen LogP contribution >= 0.6 is 0 Å². The summed E-state index contributed by atoms with van der Waals surface area (Å²) in [6.45, 7) is 0.476. The number of hydrogen-bond donors (Lipinski definition) is 2. The Morgan fingerprint density at radius 1 is 1.16 bits per heavy atom. The van der Waals surface area contributed by atoms with Crippen molar-refractivity contribution in [3.05, 3.63) is 58.1 Å². The van der Waals surface area contributed by atoms with Crippen molar-refractivity contribution in [2.45, 2.75) is 12.6 Å². The second-order valence-electron chi connectivity index (χ2n) is 5.60. The van der Waals surface area contributed by atoms with Gasteiger partial charge in [-0.15, -0.1) is 0 Å². The Kier molecular flexibility index (Phi) is 4.18. The second kappa shape index (κ2) is 6.45. The molecule has 6 heteroatoms. The normalized spacial score (nSPS) is 14.7. The second-order valence-corrected chi connectivity index (χ2v) is 5.60. The number of rotatable bonds is 2. The summed E-state index contributed by atoms with van der Waals surface area (Å²) in [5, 5.41) is 33.6. The van der Waals surface area contributed by atoms with Crippen molar-refractivity contribution in [3.63, 3.8) is 0 Å². The van der Waals surface area contributed by atoms with E-state index in [4.69, 9.17) is 5.26 Å². The first-order chi connectivity index (χ1) is 12.1. The van der Waals surface area contributed by atoms with Gasteiger partial charge in [0.15, 0.2) is 0 Å². The van der Waals surface area contributed by atoms with E-state index in [0.29, 0.717) is 34.4 Å². The predicted octanol–water partition coefficient (Wildman–Crippen LogP) is 2.12. The van der Waals surface area contributed by atoms with E-state index in [-0.39, 0.29) is 5.91 Å². The van der Waals surface area contributed by atoms with Gasteiger partial charge in [0.2, 0.25) is 0 Å². The molecule has 25 heavy (non-hydrogen) atoms. The molecule has 0 fully saturated rings. The highest BCUT2D eigenvalue weighted by Crippen LogP contribution is 2.37. The fraction of sp³-hybridized carbons (Fsp3) is 0.158. The molecule has 0 spiro atoms. The first-order valence-corrected chi connectivity index (χ1v) is 7.59. The van der Waals surface area contributed by atoms with Crippen molar-refractivity contribution in [1.29, 1.82) is 15.8 Å². The molecule has 0 radical (unpaired) electrons. The summed E-state index contributed by atoms with van der Waals surface area (Å²) in [6, 6.07) is 14.1. The molecule has 1 amide bonds. The zero-order chi connectivity index (χ0) is 18.0. The lowest BCUT2D eigenvalue weighted by molar-refractivity contribution is 0.0963. The van der Waals surface area contributed by atoms with Crippen molar-refractivity contribution < 1.29 is 4.79 Å². The van der Waals surface area contributed by atoms with Crippen LogP contribution in [0.1, 0.15) is 38.7 Å². The van der Waals surface area contributed by atoms with Crippen LogP contribution in [0, 0.1) is 34.0 Å². The highest BCUT2D eigenvalue weighted by molar-refractivity contribution is 5.96. The third kappa shape index (κ3) is 2.70. The molecule has 0 aromatic heterocycles. The van der Waals surface area contributed by atoms with Crippen LogP contribution in [0.5, 0.6) is 0 Å². The Balaban J connectivity index is 2.31. The summed E-state index contributed by atoms with van der Waals surface area (Å²) in [7, 11) is 1.55. The topological polar surface area (TPSA) is 112 Å². The summed E-state index contributed by atoms with van der Waals surface area (Å²) in [5.74, 6) is -0.239. The van der Waals surface area contributed by atoms with E-state index in [9.17, 15) is 15.3 Å². The van der Waals surface area contributed by atoms with Gasteiger partial charge in [-0.3, -0.25) is 10.1 Å². The molecule has 1 heterocycles. The van der Waals surface area contributed by atoms with E-state index in [1.807, 2.05) is 6.07 Å². The number of fused-ring (bicyclic) bond motifs is 1. The zero-order valence-electron chi connectivity index (χ0n) is 13.4. The Bertz CT molecular complexity index is 1000. The molecule has 120 valence electrons. The maximum atomic E-state index is 12.1. The maximum absolute atomic E-state index is 12.1. The van der Waals surface area contributed by atoms with Gasteiger partial charge in [-0.1, -0.05) is 6.07 Å². The van der Waals surface area contributed by atoms with Gasteiger partial charge in [0.1, 0.15) is 6.04 Å². The van der Waals surface area contributed by atoms with Crippen molar-refractivity contribution in [1.82, 2.24) is 10.6 Å². The van der Waals surface area contributed by atoms with Gasteiger partial charge < -0.3 is 5.32 Å². The largest absolute Gasteiger partial charge is 0.355 e. The smallest absolute Gasteiger partial charge is 0.251 e. The van der Waals surface area contributed by atoms with Crippen LogP contribution in [0.3, 0.4) is 0 Å². The van der Waals surface area contributed by atoms with Crippen LogP contribution in [0.25, 0.3) is 11.1 Å².